The zero-order valence-corrected chi connectivity index (χ0v) is 17.7. The molecule has 3 amide bonds. The van der Waals surface area contributed by atoms with Crippen molar-refractivity contribution in [1.82, 2.24) is 10.6 Å². The van der Waals surface area contributed by atoms with E-state index in [2.05, 4.69) is 26.6 Å². The number of rotatable bonds is 7. The predicted octanol–water partition coefficient (Wildman–Crippen LogP) is 3.21. The Hall–Kier alpha value is -3.07. The average molecular weight is 465 g/mol. The third-order valence-corrected chi connectivity index (χ3v) is 4.37. The number of amides is 3. The van der Waals surface area contributed by atoms with Crippen LogP contribution < -0.4 is 20.1 Å². The lowest BCUT2D eigenvalue weighted by Gasteiger charge is -2.18. The van der Waals surface area contributed by atoms with Crippen LogP contribution >= 0.6 is 15.9 Å². The Bertz CT molecular complexity index is 888. The molecular formula is C20H21BrN2O6. The van der Waals surface area contributed by atoms with Crippen LogP contribution in [0.3, 0.4) is 0 Å². The van der Waals surface area contributed by atoms with Crippen LogP contribution in [0.25, 0.3) is 0 Å². The van der Waals surface area contributed by atoms with Crippen molar-refractivity contribution < 1.29 is 28.6 Å². The highest BCUT2D eigenvalue weighted by molar-refractivity contribution is 9.10. The molecule has 9 heteroatoms. The first-order chi connectivity index (χ1) is 13.9. The molecule has 8 nitrogen and oxygen atoms in total. The number of hydrogen-bond acceptors (Lipinski definition) is 6. The summed E-state index contributed by atoms with van der Waals surface area (Å²) in [4.78, 5) is 36.8. The predicted molar refractivity (Wildman–Crippen MR) is 109 cm³/mol. The van der Waals surface area contributed by atoms with Gasteiger partial charge in [-0.05, 0) is 35.0 Å². The van der Waals surface area contributed by atoms with Crippen LogP contribution in [0.5, 0.6) is 11.5 Å². The number of carbonyl (C=O) groups is 3. The molecule has 0 heterocycles. The van der Waals surface area contributed by atoms with Crippen molar-refractivity contribution in [2.24, 2.45) is 0 Å². The standard InChI is InChI=1S/C20H21BrN2O6/c1-4-28-17-14(21)10-13(11-15(17)27-3)19(25)29-16(12-8-6-5-7-9-12)18(24)23-20(26)22-2/h5-11,16H,4H2,1-3H3,(H2,22,23,24,26). The van der Waals surface area contributed by atoms with Gasteiger partial charge in [-0.1, -0.05) is 30.3 Å². The first kappa shape index (κ1) is 22.2. The molecule has 0 aliphatic heterocycles. The molecule has 0 fully saturated rings. The second-order valence-corrected chi connectivity index (χ2v) is 6.54. The second-order valence-electron chi connectivity index (χ2n) is 5.69. The Kier molecular flexibility index (Phi) is 8.02. The van der Waals surface area contributed by atoms with Crippen LogP contribution in [0.4, 0.5) is 4.79 Å². The molecular weight excluding hydrogens is 444 g/mol. The number of urea groups is 1. The van der Waals surface area contributed by atoms with Crippen molar-refractivity contribution in [3.05, 3.63) is 58.1 Å². The third kappa shape index (κ3) is 5.71. The largest absolute Gasteiger partial charge is 0.493 e. The van der Waals surface area contributed by atoms with Crippen molar-refractivity contribution in [2.45, 2.75) is 13.0 Å². The molecule has 0 bridgehead atoms. The molecule has 0 aromatic heterocycles. The highest BCUT2D eigenvalue weighted by atomic mass is 79.9. The van der Waals surface area contributed by atoms with Crippen LogP contribution in [0, 0.1) is 0 Å². The van der Waals surface area contributed by atoms with Gasteiger partial charge in [0.25, 0.3) is 5.91 Å². The van der Waals surface area contributed by atoms with Gasteiger partial charge in [0, 0.05) is 12.6 Å². The summed E-state index contributed by atoms with van der Waals surface area (Å²) in [7, 11) is 2.82. The minimum Gasteiger partial charge on any atom is -0.493 e. The lowest BCUT2D eigenvalue weighted by atomic mass is 10.1. The second kappa shape index (κ2) is 10.5. The lowest BCUT2D eigenvalue weighted by molar-refractivity contribution is -0.129. The fraction of sp³-hybridized carbons (Fsp3) is 0.250. The SMILES string of the molecule is CCOc1c(Br)cc(C(=O)OC(C(=O)NC(=O)NC)c2ccccc2)cc1OC. The molecule has 1 unspecified atom stereocenters. The van der Waals surface area contributed by atoms with Crippen molar-refractivity contribution in [3.8, 4) is 11.5 Å². The molecule has 2 aromatic carbocycles. The Labute approximate surface area is 176 Å². The fourth-order valence-electron chi connectivity index (χ4n) is 2.44. The number of imide groups is 1. The Balaban J connectivity index is 2.33. The molecule has 154 valence electrons. The summed E-state index contributed by atoms with van der Waals surface area (Å²) in [5, 5.41) is 4.40. The first-order valence-electron chi connectivity index (χ1n) is 8.70. The molecule has 29 heavy (non-hydrogen) atoms. The summed E-state index contributed by atoms with van der Waals surface area (Å²) in [6, 6.07) is 10.6. The number of carbonyl (C=O) groups excluding carboxylic acids is 3. The van der Waals surface area contributed by atoms with E-state index in [4.69, 9.17) is 14.2 Å². The van der Waals surface area contributed by atoms with Crippen LogP contribution in [-0.4, -0.2) is 38.7 Å². The van der Waals surface area contributed by atoms with Gasteiger partial charge in [-0.2, -0.15) is 0 Å². The van der Waals surface area contributed by atoms with E-state index in [0.717, 1.165) is 0 Å². The maximum atomic E-state index is 12.8. The van der Waals surface area contributed by atoms with E-state index >= 15 is 0 Å². The van der Waals surface area contributed by atoms with Gasteiger partial charge >= 0.3 is 12.0 Å². The monoisotopic (exact) mass is 464 g/mol. The normalized spacial score (nSPS) is 11.2. The maximum absolute atomic E-state index is 12.8. The van der Waals surface area contributed by atoms with E-state index in [1.54, 1.807) is 30.3 Å². The molecule has 0 saturated heterocycles. The van der Waals surface area contributed by atoms with E-state index < -0.39 is 24.0 Å². The Morgan fingerprint density at radius 1 is 1.14 bits per heavy atom. The van der Waals surface area contributed by atoms with E-state index in [1.807, 2.05) is 6.92 Å². The quantitative estimate of drug-likeness (QED) is 0.609. The van der Waals surface area contributed by atoms with Crippen molar-refractivity contribution in [1.29, 1.82) is 0 Å². The minimum atomic E-state index is -1.32. The number of nitrogens with one attached hydrogen (secondary N) is 2. The van der Waals surface area contributed by atoms with Crippen molar-refractivity contribution in [2.75, 3.05) is 20.8 Å². The van der Waals surface area contributed by atoms with E-state index in [0.29, 0.717) is 28.1 Å². The van der Waals surface area contributed by atoms with Crippen LogP contribution in [0.15, 0.2) is 46.9 Å². The van der Waals surface area contributed by atoms with Crippen molar-refractivity contribution >= 4 is 33.8 Å². The molecule has 2 N–H and O–H groups in total. The average Bonchev–Trinajstić information content (AvgIpc) is 2.73. The van der Waals surface area contributed by atoms with Crippen molar-refractivity contribution in [3.63, 3.8) is 0 Å². The number of methoxy groups -OCH3 is 1. The Morgan fingerprint density at radius 3 is 2.41 bits per heavy atom. The molecule has 0 aliphatic carbocycles. The molecule has 2 rings (SSSR count). The molecule has 2 aromatic rings. The van der Waals surface area contributed by atoms with Gasteiger partial charge < -0.3 is 19.5 Å². The summed E-state index contributed by atoms with van der Waals surface area (Å²) in [5.41, 5.74) is 0.560. The van der Waals surface area contributed by atoms with Gasteiger partial charge in [-0.25, -0.2) is 9.59 Å². The lowest BCUT2D eigenvalue weighted by Crippen LogP contribution is -2.41. The van der Waals surface area contributed by atoms with Crippen LogP contribution in [0.2, 0.25) is 0 Å². The first-order valence-corrected chi connectivity index (χ1v) is 9.49. The summed E-state index contributed by atoms with van der Waals surface area (Å²) in [5.74, 6) is -0.767. The van der Waals surface area contributed by atoms with E-state index in [-0.39, 0.29) is 5.56 Å². The van der Waals surface area contributed by atoms with Crippen LogP contribution in [0.1, 0.15) is 28.9 Å². The zero-order valence-electron chi connectivity index (χ0n) is 16.2. The van der Waals surface area contributed by atoms with E-state index in [1.165, 1.54) is 26.3 Å². The van der Waals surface area contributed by atoms with Gasteiger partial charge in [0.15, 0.2) is 11.5 Å². The molecule has 1 atom stereocenters. The minimum absolute atomic E-state index is 0.144. The number of hydrogen-bond donors (Lipinski definition) is 2. The summed E-state index contributed by atoms with van der Waals surface area (Å²) < 4.78 is 16.7. The summed E-state index contributed by atoms with van der Waals surface area (Å²) in [6.45, 7) is 2.23. The van der Waals surface area contributed by atoms with Gasteiger partial charge in [-0.3, -0.25) is 10.1 Å². The number of halogens is 1. The summed E-state index contributed by atoms with van der Waals surface area (Å²) >= 11 is 3.35. The fourth-order valence-corrected chi connectivity index (χ4v) is 2.99. The maximum Gasteiger partial charge on any atom is 0.339 e. The number of ether oxygens (including phenoxy) is 3. The smallest absolute Gasteiger partial charge is 0.339 e. The highest BCUT2D eigenvalue weighted by Gasteiger charge is 2.27. The zero-order chi connectivity index (χ0) is 21.4. The van der Waals surface area contributed by atoms with E-state index in [9.17, 15) is 14.4 Å². The number of benzene rings is 2. The molecule has 0 aliphatic rings. The summed E-state index contributed by atoms with van der Waals surface area (Å²) in [6.07, 6.45) is -1.32. The van der Waals surface area contributed by atoms with Crippen LogP contribution in [-0.2, 0) is 9.53 Å². The molecule has 0 radical (unpaired) electrons. The Morgan fingerprint density at radius 2 is 1.83 bits per heavy atom. The van der Waals surface area contributed by atoms with Gasteiger partial charge in [0.05, 0.1) is 23.8 Å². The molecule has 0 saturated carbocycles. The molecule has 0 spiro atoms. The third-order valence-electron chi connectivity index (χ3n) is 3.78. The number of esters is 1. The van der Waals surface area contributed by atoms with Gasteiger partial charge in [0.1, 0.15) is 0 Å². The topological polar surface area (TPSA) is 103 Å². The van der Waals surface area contributed by atoms with Gasteiger partial charge in [0.2, 0.25) is 6.10 Å². The van der Waals surface area contributed by atoms with Gasteiger partial charge in [-0.15, -0.1) is 0 Å². The highest BCUT2D eigenvalue weighted by Crippen LogP contribution is 2.37.